The molecule has 1 atom stereocenters. The summed E-state index contributed by atoms with van der Waals surface area (Å²) in [6, 6.07) is 0.964. The van der Waals surface area contributed by atoms with E-state index in [0.717, 1.165) is 38.0 Å². The number of nitrogens with one attached hydrogen (secondary N) is 1. The number of nitrogens with two attached hydrogens (primary N) is 1. The normalized spacial score (nSPS) is 27.2. The van der Waals surface area contributed by atoms with Crippen molar-refractivity contribution in [3.8, 4) is 0 Å². The zero-order chi connectivity index (χ0) is 11.3. The third-order valence-corrected chi connectivity index (χ3v) is 3.38. The van der Waals surface area contributed by atoms with Crippen molar-refractivity contribution in [1.29, 1.82) is 0 Å². The molecule has 1 aliphatic rings. The van der Waals surface area contributed by atoms with E-state index in [9.17, 15) is 0 Å². The minimum atomic E-state index is -1.14. The lowest BCUT2D eigenvalue weighted by Crippen LogP contribution is -2.46. The quantitative estimate of drug-likeness (QED) is 0.354. The van der Waals surface area contributed by atoms with E-state index in [1.165, 1.54) is 0 Å². The third-order valence-electron chi connectivity index (χ3n) is 3.38. The molecule has 5 heteroatoms. The summed E-state index contributed by atoms with van der Waals surface area (Å²) in [5, 5.41) is 20.7. The molecule has 0 spiro atoms. The van der Waals surface area contributed by atoms with Gasteiger partial charge in [-0.05, 0) is 38.5 Å². The van der Waals surface area contributed by atoms with Gasteiger partial charge in [-0.15, -0.1) is 0 Å². The molecule has 0 aliphatic heterocycles. The maximum absolute atomic E-state index is 8.70. The molecule has 0 saturated heterocycles. The standard InChI is InChI=1S/C10H23BN2O2/c1-13-10(8-6-9(12)7-8)4-2-3-5-11(14)15/h8-10,13-15H,2-7,12H2,1H3/t8-,9+,10?. The molecule has 0 heterocycles. The fourth-order valence-corrected chi connectivity index (χ4v) is 2.34. The molecule has 0 aromatic heterocycles. The molecule has 1 rings (SSSR count). The molecule has 1 fully saturated rings. The van der Waals surface area contributed by atoms with Crippen LogP contribution in [0.1, 0.15) is 32.1 Å². The molecule has 0 bridgehead atoms. The topological polar surface area (TPSA) is 78.5 Å². The van der Waals surface area contributed by atoms with Crippen LogP contribution in [0, 0.1) is 5.92 Å². The fourth-order valence-electron chi connectivity index (χ4n) is 2.34. The van der Waals surface area contributed by atoms with E-state index in [4.69, 9.17) is 15.8 Å². The van der Waals surface area contributed by atoms with E-state index in [0.29, 0.717) is 18.4 Å². The fraction of sp³-hybridized carbons (Fsp3) is 1.00. The number of hydrogen-bond donors (Lipinski definition) is 4. The Labute approximate surface area is 92.4 Å². The van der Waals surface area contributed by atoms with Gasteiger partial charge in [-0.2, -0.15) is 0 Å². The van der Waals surface area contributed by atoms with E-state index in [2.05, 4.69) is 5.32 Å². The van der Waals surface area contributed by atoms with Crippen LogP contribution in [0.25, 0.3) is 0 Å². The Kier molecular flexibility index (Phi) is 5.60. The number of rotatable bonds is 7. The van der Waals surface area contributed by atoms with Crippen LogP contribution in [-0.2, 0) is 0 Å². The van der Waals surface area contributed by atoms with Crippen molar-refractivity contribution in [2.45, 2.75) is 50.5 Å². The summed E-state index contributed by atoms with van der Waals surface area (Å²) in [7, 11) is 0.852. The van der Waals surface area contributed by atoms with Crippen molar-refractivity contribution in [1.82, 2.24) is 5.32 Å². The van der Waals surface area contributed by atoms with Crippen molar-refractivity contribution in [2.24, 2.45) is 11.7 Å². The molecule has 88 valence electrons. The molecule has 0 radical (unpaired) electrons. The molecule has 1 aliphatic carbocycles. The average Bonchev–Trinajstić information content (AvgIpc) is 2.14. The van der Waals surface area contributed by atoms with Gasteiger partial charge in [-0.3, -0.25) is 0 Å². The van der Waals surface area contributed by atoms with Gasteiger partial charge in [-0.1, -0.05) is 12.8 Å². The largest absolute Gasteiger partial charge is 0.451 e. The van der Waals surface area contributed by atoms with Crippen LogP contribution < -0.4 is 11.1 Å². The summed E-state index contributed by atoms with van der Waals surface area (Å²) in [6.45, 7) is 0. The molecule has 1 saturated carbocycles. The van der Waals surface area contributed by atoms with E-state index in [1.54, 1.807) is 0 Å². The van der Waals surface area contributed by atoms with Gasteiger partial charge < -0.3 is 21.1 Å². The third kappa shape index (κ3) is 4.51. The van der Waals surface area contributed by atoms with E-state index >= 15 is 0 Å². The lowest BCUT2D eigenvalue weighted by atomic mass is 9.74. The van der Waals surface area contributed by atoms with Crippen LogP contribution in [0.4, 0.5) is 0 Å². The Morgan fingerprint density at radius 3 is 2.53 bits per heavy atom. The Morgan fingerprint density at radius 2 is 2.07 bits per heavy atom. The predicted molar refractivity (Wildman–Crippen MR) is 62.4 cm³/mol. The molecule has 4 nitrogen and oxygen atoms in total. The van der Waals surface area contributed by atoms with Gasteiger partial charge >= 0.3 is 7.12 Å². The lowest BCUT2D eigenvalue weighted by molar-refractivity contribution is 0.193. The minimum Gasteiger partial charge on any atom is -0.427 e. The molecular weight excluding hydrogens is 191 g/mol. The molecule has 5 N–H and O–H groups in total. The van der Waals surface area contributed by atoms with Gasteiger partial charge in [0.15, 0.2) is 0 Å². The van der Waals surface area contributed by atoms with Crippen LogP contribution >= 0.6 is 0 Å². The Hall–Kier alpha value is -0.0951. The molecule has 0 aromatic rings. The van der Waals surface area contributed by atoms with Crippen molar-refractivity contribution >= 4 is 7.12 Å². The second-order valence-corrected chi connectivity index (χ2v) is 4.65. The first-order valence-corrected chi connectivity index (χ1v) is 5.92. The zero-order valence-corrected chi connectivity index (χ0v) is 9.52. The van der Waals surface area contributed by atoms with Gasteiger partial charge in [0.05, 0.1) is 0 Å². The maximum atomic E-state index is 8.70. The highest BCUT2D eigenvalue weighted by Gasteiger charge is 2.31. The molecule has 0 aromatic carbocycles. The van der Waals surface area contributed by atoms with Crippen molar-refractivity contribution in [3.05, 3.63) is 0 Å². The van der Waals surface area contributed by atoms with Crippen LogP contribution in [0.15, 0.2) is 0 Å². The van der Waals surface area contributed by atoms with E-state index in [1.807, 2.05) is 7.05 Å². The van der Waals surface area contributed by atoms with Crippen molar-refractivity contribution in [2.75, 3.05) is 7.05 Å². The van der Waals surface area contributed by atoms with Gasteiger partial charge in [0.1, 0.15) is 0 Å². The summed E-state index contributed by atoms with van der Waals surface area (Å²) in [4.78, 5) is 0. The Bertz CT molecular complexity index is 175. The predicted octanol–water partition coefficient (Wildman–Crippen LogP) is -0.0452. The minimum absolute atomic E-state index is 0.408. The highest BCUT2D eigenvalue weighted by Crippen LogP contribution is 2.30. The SMILES string of the molecule is CNC(CCCCB(O)O)[C@H]1C[C@@H](N)C1. The second kappa shape index (κ2) is 6.48. The van der Waals surface area contributed by atoms with Gasteiger partial charge in [0.25, 0.3) is 0 Å². The summed E-state index contributed by atoms with van der Waals surface area (Å²) in [6.07, 6.45) is 5.80. The highest BCUT2D eigenvalue weighted by molar-refractivity contribution is 6.40. The number of hydrogen-bond acceptors (Lipinski definition) is 4. The van der Waals surface area contributed by atoms with Crippen molar-refractivity contribution in [3.63, 3.8) is 0 Å². The second-order valence-electron chi connectivity index (χ2n) is 4.65. The van der Waals surface area contributed by atoms with Gasteiger partial charge in [0, 0.05) is 12.1 Å². The van der Waals surface area contributed by atoms with Gasteiger partial charge in [-0.25, -0.2) is 0 Å². The first-order valence-electron chi connectivity index (χ1n) is 5.92. The maximum Gasteiger partial charge on any atom is 0.451 e. The lowest BCUT2D eigenvalue weighted by Gasteiger charge is -2.38. The number of unbranched alkanes of at least 4 members (excludes halogenated alkanes) is 1. The van der Waals surface area contributed by atoms with E-state index < -0.39 is 7.12 Å². The monoisotopic (exact) mass is 214 g/mol. The first-order chi connectivity index (χ1) is 7.13. The molecule has 1 unspecified atom stereocenters. The van der Waals surface area contributed by atoms with Crippen LogP contribution in [0.2, 0.25) is 6.32 Å². The molecular formula is C10H23BN2O2. The van der Waals surface area contributed by atoms with Gasteiger partial charge in [0.2, 0.25) is 0 Å². The highest BCUT2D eigenvalue weighted by atomic mass is 16.4. The molecule has 0 amide bonds. The van der Waals surface area contributed by atoms with Crippen molar-refractivity contribution < 1.29 is 10.0 Å². The zero-order valence-electron chi connectivity index (χ0n) is 9.52. The Morgan fingerprint density at radius 1 is 1.40 bits per heavy atom. The molecule has 15 heavy (non-hydrogen) atoms. The summed E-state index contributed by atoms with van der Waals surface area (Å²) in [5.41, 5.74) is 5.76. The summed E-state index contributed by atoms with van der Waals surface area (Å²) >= 11 is 0. The van der Waals surface area contributed by atoms with E-state index in [-0.39, 0.29) is 0 Å². The van der Waals surface area contributed by atoms with Crippen LogP contribution in [-0.4, -0.2) is 36.3 Å². The smallest absolute Gasteiger partial charge is 0.427 e. The Balaban J connectivity index is 2.06. The average molecular weight is 214 g/mol. The first kappa shape index (κ1) is 13.0. The van der Waals surface area contributed by atoms with Crippen LogP contribution in [0.5, 0.6) is 0 Å². The van der Waals surface area contributed by atoms with Crippen LogP contribution in [0.3, 0.4) is 0 Å². The summed E-state index contributed by atoms with van der Waals surface area (Å²) in [5.74, 6) is 0.726. The summed E-state index contributed by atoms with van der Waals surface area (Å²) < 4.78 is 0.